The van der Waals surface area contributed by atoms with Crippen LogP contribution in [0.2, 0.25) is 0 Å². The summed E-state index contributed by atoms with van der Waals surface area (Å²) in [7, 11) is 0. The Morgan fingerprint density at radius 3 is 2.26 bits per heavy atom. The lowest BCUT2D eigenvalue weighted by Crippen LogP contribution is -2.48. The summed E-state index contributed by atoms with van der Waals surface area (Å²) < 4.78 is 5.30. The monoisotopic (exact) mass is 274 g/mol. The van der Waals surface area contributed by atoms with Crippen LogP contribution in [-0.4, -0.2) is 43.0 Å². The Labute approximate surface area is 117 Å². The zero-order chi connectivity index (χ0) is 15.1. The predicted octanol–water partition coefficient (Wildman–Crippen LogP) is 1.75. The molecule has 0 aliphatic rings. The maximum atomic E-state index is 11.6. The van der Waals surface area contributed by atoms with Gasteiger partial charge in [-0.1, -0.05) is 34.6 Å². The molecule has 0 aromatic rings. The number of rotatable bonds is 7. The first-order chi connectivity index (χ1) is 8.62. The largest absolute Gasteiger partial charge is 0.389 e. The van der Waals surface area contributed by atoms with Crippen molar-refractivity contribution >= 4 is 6.03 Å². The Hall–Kier alpha value is -0.810. The summed E-state index contributed by atoms with van der Waals surface area (Å²) in [5, 5.41) is 15.1. The van der Waals surface area contributed by atoms with Gasteiger partial charge < -0.3 is 20.5 Å². The molecule has 2 unspecified atom stereocenters. The second-order valence-corrected chi connectivity index (χ2v) is 6.53. The van der Waals surface area contributed by atoms with Crippen LogP contribution in [0.25, 0.3) is 0 Å². The van der Waals surface area contributed by atoms with Crippen LogP contribution >= 0.6 is 0 Å². The molecule has 0 rings (SSSR count). The summed E-state index contributed by atoms with van der Waals surface area (Å²) in [5.74, 6) is 0.441. The lowest BCUT2D eigenvalue weighted by molar-refractivity contribution is 0.0272. The minimum Gasteiger partial charge on any atom is -0.389 e. The van der Waals surface area contributed by atoms with Crippen molar-refractivity contribution in [2.45, 2.75) is 53.7 Å². The summed E-state index contributed by atoms with van der Waals surface area (Å²) in [6.45, 7) is 13.3. The number of carbonyl (C=O) groups is 1. The van der Waals surface area contributed by atoms with Gasteiger partial charge in [-0.25, -0.2) is 4.79 Å². The molecule has 19 heavy (non-hydrogen) atoms. The molecule has 0 spiro atoms. The van der Waals surface area contributed by atoms with Gasteiger partial charge in [-0.2, -0.15) is 0 Å². The van der Waals surface area contributed by atoms with Crippen LogP contribution < -0.4 is 10.6 Å². The van der Waals surface area contributed by atoms with Crippen LogP contribution in [0, 0.1) is 11.3 Å². The highest BCUT2D eigenvalue weighted by Gasteiger charge is 2.21. The number of ether oxygens (including phenoxy) is 1. The number of amides is 2. The van der Waals surface area contributed by atoms with Gasteiger partial charge in [0.25, 0.3) is 0 Å². The van der Waals surface area contributed by atoms with E-state index in [0.717, 1.165) is 0 Å². The van der Waals surface area contributed by atoms with Crippen molar-refractivity contribution in [3.8, 4) is 0 Å². The van der Waals surface area contributed by atoms with Gasteiger partial charge in [-0.05, 0) is 18.3 Å². The van der Waals surface area contributed by atoms with E-state index < -0.39 is 6.10 Å². The molecule has 2 atom stereocenters. The molecule has 3 N–H and O–H groups in total. The van der Waals surface area contributed by atoms with Crippen molar-refractivity contribution in [1.29, 1.82) is 0 Å². The summed E-state index contributed by atoms with van der Waals surface area (Å²) in [6, 6.07) is -0.202. The molecular weight excluding hydrogens is 244 g/mol. The first-order valence-electron chi connectivity index (χ1n) is 6.93. The molecule has 0 saturated heterocycles. The Morgan fingerprint density at radius 1 is 1.21 bits per heavy atom. The van der Waals surface area contributed by atoms with E-state index >= 15 is 0 Å². The average Bonchev–Trinajstić information content (AvgIpc) is 2.24. The molecule has 5 heteroatoms. The first-order valence-corrected chi connectivity index (χ1v) is 6.93. The van der Waals surface area contributed by atoms with Crippen molar-refractivity contribution in [2.24, 2.45) is 11.3 Å². The van der Waals surface area contributed by atoms with Crippen LogP contribution in [0.3, 0.4) is 0 Å². The molecule has 0 saturated carbocycles. The minimum absolute atomic E-state index is 0.0102. The van der Waals surface area contributed by atoms with Crippen LogP contribution in [-0.2, 0) is 4.74 Å². The van der Waals surface area contributed by atoms with Crippen molar-refractivity contribution in [1.82, 2.24) is 10.6 Å². The third-order valence-corrected chi connectivity index (χ3v) is 2.91. The lowest BCUT2D eigenvalue weighted by Gasteiger charge is -2.28. The molecule has 0 aliphatic carbocycles. The second kappa shape index (κ2) is 8.38. The minimum atomic E-state index is -0.672. The topological polar surface area (TPSA) is 70.6 Å². The fourth-order valence-corrected chi connectivity index (χ4v) is 1.17. The third kappa shape index (κ3) is 9.73. The van der Waals surface area contributed by atoms with E-state index in [-0.39, 0.29) is 30.6 Å². The van der Waals surface area contributed by atoms with E-state index in [1.807, 2.05) is 20.8 Å². The fraction of sp³-hybridized carbons (Fsp3) is 0.929. The van der Waals surface area contributed by atoms with Crippen LogP contribution in [0.1, 0.15) is 41.5 Å². The molecular formula is C14H30N2O3. The molecule has 114 valence electrons. The Balaban J connectivity index is 3.78. The smallest absolute Gasteiger partial charge is 0.315 e. The SMILES string of the molecule is CC(C)COCC(O)CNC(=O)NC(C)C(C)(C)C. The fourth-order valence-electron chi connectivity index (χ4n) is 1.17. The molecule has 5 nitrogen and oxygen atoms in total. The summed E-state index contributed by atoms with van der Waals surface area (Å²) in [4.78, 5) is 11.6. The van der Waals surface area contributed by atoms with E-state index in [0.29, 0.717) is 12.5 Å². The quantitative estimate of drug-likeness (QED) is 0.662. The Bertz CT molecular complexity index is 262. The molecule has 0 bridgehead atoms. The van der Waals surface area contributed by atoms with Gasteiger partial charge in [0.05, 0.1) is 12.7 Å². The Morgan fingerprint density at radius 2 is 1.79 bits per heavy atom. The molecule has 2 amide bonds. The normalized spacial score (nSPS) is 15.2. The average molecular weight is 274 g/mol. The number of hydrogen-bond donors (Lipinski definition) is 3. The van der Waals surface area contributed by atoms with Crippen LogP contribution in [0.4, 0.5) is 4.79 Å². The Kier molecular flexibility index (Phi) is 8.02. The number of urea groups is 1. The maximum Gasteiger partial charge on any atom is 0.315 e. The standard InChI is InChI=1S/C14H30N2O3/c1-10(2)8-19-9-12(17)7-15-13(18)16-11(3)14(4,5)6/h10-12,17H,7-9H2,1-6H3,(H2,15,16,18). The second-order valence-electron chi connectivity index (χ2n) is 6.53. The number of carbonyl (C=O) groups excluding carboxylic acids is 1. The van der Waals surface area contributed by atoms with Crippen molar-refractivity contribution in [3.63, 3.8) is 0 Å². The van der Waals surface area contributed by atoms with Gasteiger partial charge in [0.15, 0.2) is 0 Å². The predicted molar refractivity (Wildman–Crippen MR) is 77.1 cm³/mol. The van der Waals surface area contributed by atoms with Crippen molar-refractivity contribution in [2.75, 3.05) is 19.8 Å². The molecule has 0 aromatic carbocycles. The van der Waals surface area contributed by atoms with Gasteiger partial charge in [0, 0.05) is 19.2 Å². The zero-order valence-corrected chi connectivity index (χ0v) is 13.1. The van der Waals surface area contributed by atoms with E-state index in [9.17, 15) is 9.90 Å². The van der Waals surface area contributed by atoms with Crippen molar-refractivity contribution in [3.05, 3.63) is 0 Å². The number of hydrogen-bond acceptors (Lipinski definition) is 3. The highest BCUT2D eigenvalue weighted by atomic mass is 16.5. The molecule has 0 radical (unpaired) electrons. The summed E-state index contributed by atoms with van der Waals surface area (Å²) in [6.07, 6.45) is -0.672. The van der Waals surface area contributed by atoms with Crippen LogP contribution in [0.15, 0.2) is 0 Å². The van der Waals surface area contributed by atoms with Crippen molar-refractivity contribution < 1.29 is 14.6 Å². The maximum absolute atomic E-state index is 11.6. The number of nitrogens with one attached hydrogen (secondary N) is 2. The van der Waals surface area contributed by atoms with Gasteiger partial charge >= 0.3 is 6.03 Å². The van der Waals surface area contributed by atoms with E-state index in [2.05, 4.69) is 31.4 Å². The summed E-state index contributed by atoms with van der Waals surface area (Å²) >= 11 is 0. The molecule has 0 heterocycles. The van der Waals surface area contributed by atoms with Gasteiger partial charge in [-0.15, -0.1) is 0 Å². The lowest BCUT2D eigenvalue weighted by atomic mass is 9.88. The van der Waals surface area contributed by atoms with Gasteiger partial charge in [0.2, 0.25) is 0 Å². The zero-order valence-electron chi connectivity index (χ0n) is 13.1. The molecule has 0 aromatic heterocycles. The number of aliphatic hydroxyl groups excluding tert-OH is 1. The van der Waals surface area contributed by atoms with E-state index in [1.54, 1.807) is 0 Å². The third-order valence-electron chi connectivity index (χ3n) is 2.91. The molecule has 0 aliphatic heterocycles. The van der Waals surface area contributed by atoms with E-state index in [4.69, 9.17) is 4.74 Å². The van der Waals surface area contributed by atoms with Gasteiger partial charge in [-0.3, -0.25) is 0 Å². The highest BCUT2D eigenvalue weighted by Crippen LogP contribution is 2.18. The first kappa shape index (κ1) is 18.2. The molecule has 0 fully saturated rings. The summed E-state index contributed by atoms with van der Waals surface area (Å²) in [5.41, 5.74) is 0.0102. The van der Waals surface area contributed by atoms with Crippen LogP contribution in [0.5, 0.6) is 0 Å². The van der Waals surface area contributed by atoms with E-state index in [1.165, 1.54) is 0 Å². The number of aliphatic hydroxyl groups is 1. The van der Waals surface area contributed by atoms with Gasteiger partial charge in [0.1, 0.15) is 0 Å². The highest BCUT2D eigenvalue weighted by molar-refractivity contribution is 5.74.